The van der Waals surface area contributed by atoms with Gasteiger partial charge in [0.2, 0.25) is 0 Å². The molecule has 4 aromatic heterocycles. The molecule has 0 saturated carbocycles. The van der Waals surface area contributed by atoms with E-state index in [9.17, 15) is 4.79 Å². The number of unbranched alkanes of at least 4 members (excludes halogenated alkanes) is 26. The number of carboxylic acid groups (broad SMARTS) is 1. The topological polar surface area (TPSA) is 89.9 Å². The molecule has 0 aromatic carbocycles. The Morgan fingerprint density at radius 3 is 1.08 bits per heavy atom. The molecule has 0 amide bonds. The maximum absolute atomic E-state index is 10.3. The fraction of sp³-hybridized carbons (Fsp3) is 0.567. The molecule has 0 saturated heterocycles. The predicted octanol–water partition coefficient (Wildman–Crippen LogP) is 17.0. The van der Waals surface area contributed by atoms with Crippen LogP contribution in [-0.4, -0.2) is 16.4 Å². The monoisotopic (exact) mass is 1100 g/mol. The summed E-state index contributed by atoms with van der Waals surface area (Å²) >= 11 is 3.47. The van der Waals surface area contributed by atoms with E-state index in [1.165, 1.54) is 180 Å². The summed E-state index contributed by atoms with van der Waals surface area (Å²) in [4.78, 5) is 10.3. The van der Waals surface area contributed by atoms with Crippen molar-refractivity contribution in [2.24, 2.45) is 0 Å². The summed E-state index contributed by atoms with van der Waals surface area (Å²) in [5, 5.41) is 9.65. The average Bonchev–Trinajstić information content (AvgIpc) is 4.29. The van der Waals surface area contributed by atoms with Crippen LogP contribution in [0.1, 0.15) is 238 Å². The van der Waals surface area contributed by atoms with E-state index in [0.29, 0.717) is 6.42 Å². The molecular formula is C67H105BrLi2O6. The molecule has 4 rings (SSSR count). The fourth-order valence-electron chi connectivity index (χ4n) is 7.06. The van der Waals surface area contributed by atoms with Gasteiger partial charge in [0, 0.05) is 18.2 Å². The first kappa shape index (κ1) is 79.2. The molecule has 0 aliphatic heterocycles. The number of halogens is 1. The number of aryl methyl sites for hydroxylation is 1. The number of hydrogen-bond donors (Lipinski definition) is 1. The number of aliphatic carboxylic acids is 1. The van der Waals surface area contributed by atoms with Crippen LogP contribution in [0.5, 0.6) is 0 Å². The first-order valence-corrected chi connectivity index (χ1v) is 30.3. The first-order chi connectivity index (χ1) is 36.6. The molecule has 418 valence electrons. The van der Waals surface area contributed by atoms with Crippen molar-refractivity contribution in [2.45, 2.75) is 239 Å². The van der Waals surface area contributed by atoms with Gasteiger partial charge < -0.3 is 22.8 Å². The number of hydrogen-bond acceptors (Lipinski definition) is 5. The summed E-state index contributed by atoms with van der Waals surface area (Å²) in [6.45, 7) is 6.76. The van der Waals surface area contributed by atoms with Crippen LogP contribution in [0.3, 0.4) is 0 Å². The second-order valence-electron chi connectivity index (χ2n) is 18.3. The van der Waals surface area contributed by atoms with Crippen LogP contribution in [0, 0.1) is 12.5 Å². The van der Waals surface area contributed by atoms with Gasteiger partial charge in [0.05, 0.1) is 18.8 Å². The molecule has 9 heteroatoms. The van der Waals surface area contributed by atoms with Gasteiger partial charge >= 0.3 is 43.7 Å². The van der Waals surface area contributed by atoms with Crippen LogP contribution in [-0.2, 0) is 11.2 Å². The van der Waals surface area contributed by atoms with Gasteiger partial charge in [-0.3, -0.25) is 4.79 Å². The van der Waals surface area contributed by atoms with E-state index in [1.54, 1.807) is 55.6 Å². The van der Waals surface area contributed by atoms with Gasteiger partial charge in [-0.15, -0.1) is 12.1 Å². The van der Waals surface area contributed by atoms with Crippen LogP contribution in [0.25, 0.3) is 0 Å². The minimum absolute atomic E-state index is 0. The third kappa shape index (κ3) is 77.2. The Morgan fingerprint density at radius 2 is 0.803 bits per heavy atom. The molecule has 0 aliphatic carbocycles. The zero-order chi connectivity index (χ0) is 53.8. The van der Waals surface area contributed by atoms with E-state index in [4.69, 9.17) is 9.52 Å². The largest absolute Gasteiger partial charge is 1.00 e. The van der Waals surface area contributed by atoms with Crippen molar-refractivity contribution in [2.75, 3.05) is 5.33 Å². The van der Waals surface area contributed by atoms with Crippen LogP contribution in [0.2, 0.25) is 0 Å². The third-order valence-electron chi connectivity index (χ3n) is 11.4. The van der Waals surface area contributed by atoms with E-state index in [-0.39, 0.29) is 37.7 Å². The van der Waals surface area contributed by atoms with Crippen LogP contribution in [0.4, 0.5) is 0 Å². The number of alkyl halides is 1. The molecule has 6 nitrogen and oxygen atoms in total. The molecule has 0 atom stereocenters. The van der Waals surface area contributed by atoms with E-state index in [0.717, 1.165) is 43.2 Å². The Bertz CT molecular complexity index is 1580. The van der Waals surface area contributed by atoms with Crippen LogP contribution >= 0.6 is 15.9 Å². The van der Waals surface area contributed by atoms with Crippen LogP contribution in [0.15, 0.2) is 170 Å². The number of carbonyl (C=O) groups is 1. The fourth-order valence-corrected chi connectivity index (χ4v) is 7.46. The van der Waals surface area contributed by atoms with Gasteiger partial charge in [-0.2, -0.15) is 12.1 Å². The van der Waals surface area contributed by atoms with Gasteiger partial charge in [0.15, 0.2) is 0 Å². The second kappa shape index (κ2) is 75.9. The normalized spacial score (nSPS) is 10.7. The molecule has 76 heavy (non-hydrogen) atoms. The van der Waals surface area contributed by atoms with E-state index in [1.807, 2.05) is 18.2 Å². The maximum Gasteiger partial charge on any atom is 1.00 e. The van der Waals surface area contributed by atoms with Gasteiger partial charge in [0.25, 0.3) is 0 Å². The van der Waals surface area contributed by atoms with E-state index in [2.05, 4.69) is 141 Å². The molecule has 0 aliphatic rings. The quantitative estimate of drug-likeness (QED) is 0.0157. The van der Waals surface area contributed by atoms with Gasteiger partial charge in [0.1, 0.15) is 5.76 Å². The molecule has 0 fully saturated rings. The summed E-state index contributed by atoms with van der Waals surface area (Å²) in [7, 11) is 0. The Morgan fingerprint density at radius 1 is 0.447 bits per heavy atom. The third-order valence-corrected chi connectivity index (χ3v) is 12.0. The number of furan rings is 4. The number of carboxylic acids is 1. The predicted molar refractivity (Wildman–Crippen MR) is 322 cm³/mol. The molecule has 1 N–H and O–H groups in total. The van der Waals surface area contributed by atoms with Crippen LogP contribution < -0.4 is 37.7 Å². The van der Waals surface area contributed by atoms with Crippen molar-refractivity contribution < 1.29 is 65.3 Å². The van der Waals surface area contributed by atoms with Gasteiger partial charge in [-0.05, 0) is 133 Å². The molecule has 4 heterocycles. The number of rotatable bonds is 40. The molecular weight excluding hydrogens is 995 g/mol. The molecule has 0 bridgehead atoms. The Balaban J connectivity index is -0.000000442. The van der Waals surface area contributed by atoms with Gasteiger partial charge in [-0.1, -0.05) is 231 Å². The zero-order valence-corrected chi connectivity index (χ0v) is 50.6. The summed E-state index contributed by atoms with van der Waals surface area (Å²) < 4.78 is 18.8. The van der Waals surface area contributed by atoms with E-state index >= 15 is 0 Å². The van der Waals surface area contributed by atoms with Gasteiger partial charge in [-0.25, -0.2) is 0 Å². The minimum Gasteiger partial charge on any atom is -0.599 e. The minimum atomic E-state index is -0.677. The first-order valence-electron chi connectivity index (χ1n) is 29.1. The van der Waals surface area contributed by atoms with Crippen molar-refractivity contribution in [1.29, 1.82) is 0 Å². The van der Waals surface area contributed by atoms with Crippen molar-refractivity contribution in [3.63, 3.8) is 0 Å². The van der Waals surface area contributed by atoms with E-state index < -0.39 is 5.97 Å². The number of allylic oxidation sites excluding steroid dienone is 12. The van der Waals surface area contributed by atoms with Crippen molar-refractivity contribution in [1.82, 2.24) is 0 Å². The summed E-state index contributed by atoms with van der Waals surface area (Å²) in [6, 6.07) is 14.7. The molecule has 4 aromatic rings. The Kier molecular flexibility index (Phi) is 79.1. The summed E-state index contributed by atoms with van der Waals surface area (Å²) in [6.07, 6.45) is 82.4. The molecule has 0 radical (unpaired) electrons. The summed E-state index contributed by atoms with van der Waals surface area (Å²) in [5.41, 5.74) is 0. The SMILES string of the molecule is CCCCCC/C=C/C=C\CCCCCCC(=O)O.CCCCCC/C=C/C=C\CCCCCCCBr.CCCCCC/C=C/C=C\CCCCCCCc1ccco1.[Li+].[Li+].[c-]1ccco1.[c-]1ccco1.c1ccoc1. The average molecular weight is 1100 g/mol. The van der Waals surface area contributed by atoms with Crippen molar-refractivity contribution in [3.8, 4) is 0 Å². The zero-order valence-electron chi connectivity index (χ0n) is 49.0. The van der Waals surface area contributed by atoms with Crippen molar-refractivity contribution >= 4 is 21.9 Å². The maximum atomic E-state index is 10.3. The summed E-state index contributed by atoms with van der Waals surface area (Å²) in [5.74, 6) is 0.452. The Labute approximate surface area is 499 Å². The molecule has 0 unspecified atom stereocenters. The smallest absolute Gasteiger partial charge is 0.599 e. The molecule has 0 spiro atoms. The second-order valence-corrected chi connectivity index (χ2v) is 19.1. The van der Waals surface area contributed by atoms with Crippen molar-refractivity contribution in [3.05, 3.63) is 171 Å². The Hall–Kier alpha value is -3.30. The standard InChI is InChI=1S/C21H34O.C17H31Br.C17H30O2.C4H4O.2C4H3O.2Li/c1-2-3-4-5-6-7-8-9-10-11-12-13-14-15-16-18-21-19-17-20-22-21;1-2-3-4-5-6-7-8-9-10-11-12-13-14-15-16-17-18;1-2-3-4-5-6-7-8-9-10-11-12-13-14-15-16-17(18)19;3*1-2-4-5-3-1;;/h7-10,17,19-20H,2-6,11-16,18H2,1H3;7-10H,2-6,11-17H2,1H3;7-10H,2-6,11-16H2,1H3,(H,18,19);1-4H;2*1-3H;;/q;;;;2*-1;2*+1/b3*8-7+,10-9-;;;;;.